The summed E-state index contributed by atoms with van der Waals surface area (Å²) in [5.41, 5.74) is 9.86. The molecule has 0 saturated carbocycles. The van der Waals surface area contributed by atoms with Gasteiger partial charge in [0.25, 0.3) is 0 Å². The molecule has 0 radical (unpaired) electrons. The summed E-state index contributed by atoms with van der Waals surface area (Å²) in [5, 5.41) is 13.0. The fourth-order valence-corrected chi connectivity index (χ4v) is 5.10. The molecule has 1 fully saturated rings. The lowest BCUT2D eigenvalue weighted by Crippen LogP contribution is -2.47. The number of nitrogens with two attached hydrogens (primary N) is 1. The van der Waals surface area contributed by atoms with Gasteiger partial charge in [0.2, 0.25) is 11.8 Å². The van der Waals surface area contributed by atoms with Crippen molar-refractivity contribution in [3.63, 3.8) is 0 Å². The van der Waals surface area contributed by atoms with Crippen LogP contribution in [0.2, 0.25) is 0 Å². The van der Waals surface area contributed by atoms with Crippen LogP contribution in [0.5, 0.6) is 0 Å². The summed E-state index contributed by atoms with van der Waals surface area (Å²) in [5.74, 6) is 0.740. The molecule has 0 bridgehead atoms. The Morgan fingerprint density at radius 2 is 1.75 bits per heavy atom. The minimum absolute atomic E-state index is 0.0442. The zero-order valence-corrected chi connectivity index (χ0v) is 23.7. The highest BCUT2D eigenvalue weighted by atomic mass is 32.2. The van der Waals surface area contributed by atoms with Gasteiger partial charge in [0.05, 0.1) is 11.4 Å². The number of carbonyl (C=O) groups is 2. The molecule has 1 aliphatic heterocycles. The number of hydrogen-bond donors (Lipinski definition) is 2. The molecule has 4 rings (SSSR count). The number of rotatable bonds is 10. The van der Waals surface area contributed by atoms with Crippen LogP contribution in [0.3, 0.4) is 0 Å². The number of anilines is 2. The molecule has 11 heteroatoms. The molecule has 2 amide bonds. The highest BCUT2D eigenvalue weighted by Gasteiger charge is 2.19. The lowest BCUT2D eigenvalue weighted by molar-refractivity contribution is -0.132. The van der Waals surface area contributed by atoms with Crippen molar-refractivity contribution in [1.29, 1.82) is 5.26 Å². The average molecular weight is 559 g/mol. The van der Waals surface area contributed by atoms with Crippen LogP contribution in [0, 0.1) is 11.3 Å². The first-order valence-corrected chi connectivity index (χ1v) is 14.4. The molecule has 1 saturated heterocycles. The summed E-state index contributed by atoms with van der Waals surface area (Å²) >= 11 is 1.38. The molecule has 0 atom stereocenters. The molecular formula is C29H34N8O2S. The topological polar surface area (TPSA) is 141 Å². The van der Waals surface area contributed by atoms with Crippen LogP contribution < -0.4 is 11.1 Å². The third-order valence-electron chi connectivity index (χ3n) is 6.61. The van der Waals surface area contributed by atoms with Gasteiger partial charge in [-0.1, -0.05) is 36.9 Å². The normalized spacial score (nSPS) is 13.6. The SMILES string of the molecule is CCCC(=O)Nc1ccc(-c2nc(SCc3cccc(CCC(=O)N4CCN(C)CC4)n3)nc(N)c2C#N)cc1. The van der Waals surface area contributed by atoms with E-state index in [9.17, 15) is 14.9 Å². The number of aryl methyl sites for hydroxylation is 1. The molecule has 3 aromatic rings. The van der Waals surface area contributed by atoms with Crippen LogP contribution in [0.25, 0.3) is 11.3 Å². The van der Waals surface area contributed by atoms with Gasteiger partial charge >= 0.3 is 0 Å². The van der Waals surface area contributed by atoms with Crippen molar-refractivity contribution >= 4 is 35.1 Å². The molecule has 10 nitrogen and oxygen atoms in total. The highest BCUT2D eigenvalue weighted by Crippen LogP contribution is 2.29. The number of aromatic nitrogens is 3. The second kappa shape index (κ2) is 13.9. The standard InChI is InChI=1S/C29H34N8O2S/c1-3-5-25(38)33-22-10-8-20(9-11-22)27-24(18-30)28(31)35-29(34-27)40-19-23-7-4-6-21(32-23)12-13-26(39)37-16-14-36(2)15-17-37/h4,6-11H,3,5,12-17,19H2,1-2H3,(H,33,38)(H2,31,34,35). The number of piperazine rings is 1. The predicted octanol–water partition coefficient (Wildman–Crippen LogP) is 3.73. The van der Waals surface area contributed by atoms with Gasteiger partial charge in [-0.2, -0.15) is 5.26 Å². The van der Waals surface area contributed by atoms with Crippen LogP contribution in [0.1, 0.15) is 43.1 Å². The van der Waals surface area contributed by atoms with Crippen LogP contribution in [0.4, 0.5) is 11.5 Å². The predicted molar refractivity (Wildman–Crippen MR) is 156 cm³/mol. The van der Waals surface area contributed by atoms with Crippen LogP contribution in [0.15, 0.2) is 47.6 Å². The molecule has 2 aromatic heterocycles. The fraction of sp³-hybridized carbons (Fsp3) is 0.379. The number of pyridine rings is 1. The number of likely N-dealkylation sites (N-methyl/N-ethyl adjacent to an activating group) is 1. The molecule has 208 valence electrons. The summed E-state index contributed by atoms with van der Waals surface area (Å²) < 4.78 is 0. The number of amides is 2. The lowest BCUT2D eigenvalue weighted by atomic mass is 10.1. The van der Waals surface area contributed by atoms with Gasteiger partial charge in [-0.3, -0.25) is 14.6 Å². The molecule has 3 N–H and O–H groups in total. The first kappa shape index (κ1) is 29.0. The molecule has 40 heavy (non-hydrogen) atoms. The number of nitrogens with zero attached hydrogens (tertiary/aromatic N) is 6. The van der Waals surface area contributed by atoms with Gasteiger partial charge in [-0.05, 0) is 44.2 Å². The second-order valence-electron chi connectivity index (χ2n) is 9.70. The number of nitrogens with one attached hydrogen (secondary N) is 1. The van der Waals surface area contributed by atoms with E-state index in [-0.39, 0.29) is 23.2 Å². The summed E-state index contributed by atoms with van der Waals surface area (Å²) in [6, 6.07) is 15.1. The third kappa shape index (κ3) is 7.77. The Morgan fingerprint density at radius 1 is 1.02 bits per heavy atom. The van der Waals surface area contributed by atoms with E-state index in [0.717, 1.165) is 44.0 Å². The van der Waals surface area contributed by atoms with Gasteiger partial charge in [0, 0.05) is 61.7 Å². The van der Waals surface area contributed by atoms with E-state index in [1.165, 1.54) is 11.8 Å². The van der Waals surface area contributed by atoms with Crippen molar-refractivity contribution in [2.24, 2.45) is 0 Å². The zero-order chi connectivity index (χ0) is 28.5. The number of nitrogen functional groups attached to an aromatic ring is 1. The van der Waals surface area contributed by atoms with Crippen molar-refractivity contribution in [2.45, 2.75) is 43.5 Å². The minimum Gasteiger partial charge on any atom is -0.382 e. The van der Waals surface area contributed by atoms with Gasteiger partial charge in [-0.25, -0.2) is 9.97 Å². The number of hydrogen-bond acceptors (Lipinski definition) is 9. The maximum absolute atomic E-state index is 12.6. The summed E-state index contributed by atoms with van der Waals surface area (Å²) in [4.78, 5) is 42.3. The molecule has 3 heterocycles. The van der Waals surface area contributed by atoms with Crippen molar-refractivity contribution < 1.29 is 9.59 Å². The smallest absolute Gasteiger partial charge is 0.224 e. The van der Waals surface area contributed by atoms with Gasteiger partial charge in [0.15, 0.2) is 5.16 Å². The van der Waals surface area contributed by atoms with E-state index in [4.69, 9.17) is 10.7 Å². The largest absolute Gasteiger partial charge is 0.382 e. The first-order chi connectivity index (χ1) is 19.4. The van der Waals surface area contributed by atoms with Crippen LogP contribution in [-0.2, 0) is 21.8 Å². The molecule has 0 aliphatic carbocycles. The van der Waals surface area contributed by atoms with Crippen LogP contribution >= 0.6 is 11.8 Å². The van der Waals surface area contributed by atoms with E-state index in [0.29, 0.717) is 47.1 Å². The first-order valence-electron chi connectivity index (χ1n) is 13.4. The van der Waals surface area contributed by atoms with Gasteiger partial charge in [0.1, 0.15) is 17.5 Å². The van der Waals surface area contributed by atoms with Crippen molar-refractivity contribution in [3.8, 4) is 17.3 Å². The Morgan fingerprint density at radius 3 is 2.45 bits per heavy atom. The summed E-state index contributed by atoms with van der Waals surface area (Å²) in [6.07, 6.45) is 2.25. The Labute approximate surface area is 239 Å². The van der Waals surface area contributed by atoms with E-state index < -0.39 is 0 Å². The molecule has 0 spiro atoms. The maximum Gasteiger partial charge on any atom is 0.224 e. The monoisotopic (exact) mass is 558 g/mol. The average Bonchev–Trinajstić information content (AvgIpc) is 2.95. The Hall–Kier alpha value is -4.01. The Bertz CT molecular complexity index is 1380. The summed E-state index contributed by atoms with van der Waals surface area (Å²) in [6.45, 7) is 5.31. The molecular weight excluding hydrogens is 524 g/mol. The lowest BCUT2D eigenvalue weighted by Gasteiger charge is -2.32. The number of nitriles is 1. The van der Waals surface area contributed by atoms with Crippen molar-refractivity contribution in [2.75, 3.05) is 44.3 Å². The third-order valence-corrected chi connectivity index (χ3v) is 7.49. The molecule has 0 unspecified atom stereocenters. The van der Waals surface area contributed by atoms with Crippen molar-refractivity contribution in [1.82, 2.24) is 24.8 Å². The zero-order valence-electron chi connectivity index (χ0n) is 22.9. The van der Waals surface area contributed by atoms with Gasteiger partial charge in [-0.15, -0.1) is 0 Å². The van der Waals surface area contributed by atoms with E-state index >= 15 is 0 Å². The minimum atomic E-state index is -0.0442. The van der Waals surface area contributed by atoms with E-state index in [1.54, 1.807) is 24.3 Å². The van der Waals surface area contributed by atoms with E-state index in [2.05, 4.69) is 33.3 Å². The Kier molecular flexibility index (Phi) is 10.0. The second-order valence-corrected chi connectivity index (χ2v) is 10.6. The summed E-state index contributed by atoms with van der Waals surface area (Å²) in [7, 11) is 2.07. The Balaban J connectivity index is 1.40. The van der Waals surface area contributed by atoms with E-state index in [1.807, 2.05) is 30.0 Å². The fourth-order valence-electron chi connectivity index (χ4n) is 4.34. The number of benzene rings is 1. The van der Waals surface area contributed by atoms with Crippen molar-refractivity contribution in [3.05, 3.63) is 59.4 Å². The maximum atomic E-state index is 12.6. The molecule has 1 aliphatic rings. The quantitative estimate of drug-likeness (QED) is 0.281. The highest BCUT2D eigenvalue weighted by molar-refractivity contribution is 7.98. The number of carbonyl (C=O) groups excluding carboxylic acids is 2. The van der Waals surface area contributed by atoms with Crippen LogP contribution in [-0.4, -0.2) is 69.8 Å². The number of thioether (sulfide) groups is 1. The molecule has 1 aromatic carbocycles. The van der Waals surface area contributed by atoms with Gasteiger partial charge < -0.3 is 20.9 Å².